The topological polar surface area (TPSA) is 17.8 Å². The smallest absolute Gasteiger partial charge is 0.0741 e. The van der Waals surface area contributed by atoms with Gasteiger partial charge in [0.2, 0.25) is 0 Å². The summed E-state index contributed by atoms with van der Waals surface area (Å²) in [6.07, 6.45) is 1.86. The first-order valence-corrected chi connectivity index (χ1v) is 7.07. The molecule has 0 atom stereocenters. The monoisotopic (exact) mass is 320 g/mol. The van der Waals surface area contributed by atoms with Gasteiger partial charge in [-0.15, -0.1) is 0 Å². The third-order valence-corrected chi connectivity index (χ3v) is 3.86. The summed E-state index contributed by atoms with van der Waals surface area (Å²) >= 11 is 9.64. The minimum atomic E-state index is 0.754. The average molecular weight is 322 g/mol. The van der Waals surface area contributed by atoms with Gasteiger partial charge >= 0.3 is 0 Å². The second-order valence-corrected chi connectivity index (χ2v) is 4.99. The number of nitrogens with zero attached hydrogens (tertiary/aromatic N) is 2. The van der Waals surface area contributed by atoms with Crippen LogP contribution >= 0.6 is 27.5 Å². The van der Waals surface area contributed by atoms with Crippen LogP contribution in [-0.4, -0.2) is 9.78 Å². The van der Waals surface area contributed by atoms with Crippen LogP contribution in [-0.2, 0) is 5.33 Å². The van der Waals surface area contributed by atoms with Gasteiger partial charge in [-0.2, -0.15) is 5.10 Å². The molecule has 0 fully saturated rings. The number of hydrogen-bond donors (Lipinski definition) is 0. The van der Waals surface area contributed by atoms with E-state index in [1.54, 1.807) is 0 Å². The predicted molar refractivity (Wildman–Crippen MR) is 78.7 cm³/mol. The molecular weight excluding hydrogens is 312 g/mol. The van der Waals surface area contributed by atoms with Crippen molar-refractivity contribution in [1.29, 1.82) is 0 Å². The summed E-state index contributed by atoms with van der Waals surface area (Å²) in [7, 11) is 0. The number of fused-ring (bicyclic) bond motifs is 1. The lowest BCUT2D eigenvalue weighted by atomic mass is 10.2. The van der Waals surface area contributed by atoms with Crippen molar-refractivity contribution in [3.05, 3.63) is 59.2 Å². The Labute approximate surface area is 118 Å². The van der Waals surface area contributed by atoms with E-state index in [4.69, 9.17) is 11.6 Å². The zero-order valence-corrected chi connectivity index (χ0v) is 11.8. The lowest BCUT2D eigenvalue weighted by Gasteiger charge is -2.06. The van der Waals surface area contributed by atoms with Crippen molar-refractivity contribution in [2.45, 2.75) is 5.33 Å². The van der Waals surface area contributed by atoms with Crippen molar-refractivity contribution in [2.75, 3.05) is 0 Å². The van der Waals surface area contributed by atoms with Crippen molar-refractivity contribution >= 4 is 38.4 Å². The first-order chi connectivity index (χ1) is 8.79. The van der Waals surface area contributed by atoms with Crippen molar-refractivity contribution < 1.29 is 0 Å². The van der Waals surface area contributed by atoms with Gasteiger partial charge < -0.3 is 0 Å². The average Bonchev–Trinajstić information content (AvgIpc) is 2.82. The maximum atomic E-state index is 6.23. The molecule has 0 amide bonds. The van der Waals surface area contributed by atoms with Gasteiger partial charge in [-0.1, -0.05) is 51.8 Å². The Morgan fingerprint density at radius 3 is 2.78 bits per heavy atom. The van der Waals surface area contributed by atoms with E-state index in [0.717, 1.165) is 32.5 Å². The summed E-state index contributed by atoms with van der Waals surface area (Å²) in [5.74, 6) is 0. The summed E-state index contributed by atoms with van der Waals surface area (Å²) < 4.78 is 1.90. The van der Waals surface area contributed by atoms with Crippen LogP contribution in [0.3, 0.4) is 0 Å². The van der Waals surface area contributed by atoms with Crippen molar-refractivity contribution in [2.24, 2.45) is 0 Å². The fourth-order valence-electron chi connectivity index (χ4n) is 1.95. The van der Waals surface area contributed by atoms with E-state index < -0.39 is 0 Å². The molecule has 0 N–H and O–H groups in total. The summed E-state index contributed by atoms with van der Waals surface area (Å²) in [4.78, 5) is 0. The molecule has 0 spiro atoms. The molecule has 1 aromatic heterocycles. The normalized spacial score (nSPS) is 11.0. The van der Waals surface area contributed by atoms with Crippen molar-refractivity contribution in [1.82, 2.24) is 9.78 Å². The molecule has 0 aliphatic rings. The van der Waals surface area contributed by atoms with Crippen LogP contribution in [0.2, 0.25) is 5.02 Å². The molecule has 18 heavy (non-hydrogen) atoms. The second kappa shape index (κ2) is 4.75. The highest BCUT2D eigenvalue weighted by molar-refractivity contribution is 9.08. The molecule has 0 radical (unpaired) electrons. The van der Waals surface area contributed by atoms with Crippen LogP contribution < -0.4 is 0 Å². The third-order valence-electron chi connectivity index (χ3n) is 2.90. The molecule has 0 aliphatic carbocycles. The number of benzene rings is 2. The first kappa shape index (κ1) is 11.8. The maximum Gasteiger partial charge on any atom is 0.0741 e. The largest absolute Gasteiger partial charge is 0.233 e. The molecule has 0 bridgehead atoms. The summed E-state index contributed by atoms with van der Waals surface area (Å²) in [6, 6.07) is 14.1. The maximum absolute atomic E-state index is 6.23. The number of halogens is 2. The van der Waals surface area contributed by atoms with Crippen LogP contribution in [0.15, 0.2) is 48.7 Å². The number of para-hydroxylation sites is 1. The van der Waals surface area contributed by atoms with E-state index in [1.165, 1.54) is 0 Å². The summed E-state index contributed by atoms with van der Waals surface area (Å²) in [5.41, 5.74) is 3.14. The summed E-state index contributed by atoms with van der Waals surface area (Å²) in [6.45, 7) is 0. The molecule has 3 rings (SSSR count). The molecule has 1 heterocycles. The van der Waals surface area contributed by atoms with Gasteiger partial charge in [-0.3, -0.25) is 0 Å². The Hall–Kier alpha value is -1.32. The number of rotatable bonds is 2. The Morgan fingerprint density at radius 2 is 2.00 bits per heavy atom. The van der Waals surface area contributed by atoms with Crippen molar-refractivity contribution in [3.63, 3.8) is 0 Å². The fraction of sp³-hybridized carbons (Fsp3) is 0.0714. The fourth-order valence-corrected chi connectivity index (χ4v) is 2.85. The SMILES string of the molecule is Clc1cc(-n2ncc3ccccc32)ccc1CBr. The van der Waals surface area contributed by atoms with Gasteiger partial charge in [-0.25, -0.2) is 4.68 Å². The minimum absolute atomic E-state index is 0.754. The molecule has 0 aliphatic heterocycles. The Morgan fingerprint density at radius 1 is 1.17 bits per heavy atom. The lowest BCUT2D eigenvalue weighted by Crippen LogP contribution is -1.96. The van der Waals surface area contributed by atoms with Crippen LogP contribution in [0.25, 0.3) is 16.6 Å². The molecule has 0 saturated carbocycles. The molecule has 2 nitrogen and oxygen atoms in total. The van der Waals surface area contributed by atoms with Gasteiger partial charge in [-0.05, 0) is 23.8 Å². The molecule has 2 aromatic carbocycles. The summed E-state index contributed by atoms with van der Waals surface area (Å²) in [5, 5.41) is 7.04. The highest BCUT2D eigenvalue weighted by Gasteiger charge is 2.06. The molecule has 0 unspecified atom stereocenters. The van der Waals surface area contributed by atoms with Crippen LogP contribution in [0.5, 0.6) is 0 Å². The van der Waals surface area contributed by atoms with E-state index in [-0.39, 0.29) is 0 Å². The van der Waals surface area contributed by atoms with Gasteiger partial charge in [0.15, 0.2) is 0 Å². The van der Waals surface area contributed by atoms with E-state index in [1.807, 2.05) is 47.3 Å². The quantitative estimate of drug-likeness (QED) is 0.632. The minimum Gasteiger partial charge on any atom is -0.233 e. The lowest BCUT2D eigenvalue weighted by molar-refractivity contribution is 0.910. The van der Waals surface area contributed by atoms with Crippen molar-refractivity contribution in [3.8, 4) is 5.69 Å². The standard InChI is InChI=1S/C14H10BrClN2/c15-8-10-5-6-12(7-13(10)16)18-14-4-2-1-3-11(14)9-17-18/h1-7,9H,8H2. The predicted octanol–water partition coefficient (Wildman–Crippen LogP) is 4.57. The molecule has 90 valence electrons. The molecule has 3 aromatic rings. The third kappa shape index (κ3) is 1.93. The Balaban J connectivity index is 2.17. The Bertz CT molecular complexity index is 706. The second-order valence-electron chi connectivity index (χ2n) is 4.02. The van der Waals surface area contributed by atoms with Gasteiger partial charge in [0.25, 0.3) is 0 Å². The zero-order chi connectivity index (χ0) is 12.5. The number of aromatic nitrogens is 2. The highest BCUT2D eigenvalue weighted by atomic mass is 79.9. The van der Waals surface area contributed by atoms with E-state index in [0.29, 0.717) is 0 Å². The van der Waals surface area contributed by atoms with E-state index in [2.05, 4.69) is 27.1 Å². The molecule has 4 heteroatoms. The Kier molecular flexibility index (Phi) is 3.10. The van der Waals surface area contributed by atoms with Gasteiger partial charge in [0, 0.05) is 15.7 Å². The number of alkyl halides is 1. The molecular formula is C14H10BrClN2. The number of hydrogen-bond acceptors (Lipinski definition) is 1. The van der Waals surface area contributed by atoms with Crippen LogP contribution in [0.1, 0.15) is 5.56 Å². The van der Waals surface area contributed by atoms with Gasteiger partial charge in [0.05, 0.1) is 17.4 Å². The van der Waals surface area contributed by atoms with Crippen LogP contribution in [0.4, 0.5) is 0 Å². The van der Waals surface area contributed by atoms with Gasteiger partial charge in [0.1, 0.15) is 0 Å². The van der Waals surface area contributed by atoms with Crippen LogP contribution in [0, 0.1) is 0 Å². The zero-order valence-electron chi connectivity index (χ0n) is 9.48. The van der Waals surface area contributed by atoms with E-state index in [9.17, 15) is 0 Å². The highest BCUT2D eigenvalue weighted by Crippen LogP contribution is 2.24. The van der Waals surface area contributed by atoms with E-state index >= 15 is 0 Å². The molecule has 0 saturated heterocycles. The first-order valence-electron chi connectivity index (χ1n) is 5.57.